The number of ether oxygens (including phenoxy) is 2. The molecule has 0 unspecified atom stereocenters. The van der Waals surface area contributed by atoms with Gasteiger partial charge in [-0.25, -0.2) is 4.79 Å². The summed E-state index contributed by atoms with van der Waals surface area (Å²) in [5.74, 6) is 0. The summed E-state index contributed by atoms with van der Waals surface area (Å²) in [6.07, 6.45) is 4.03. The summed E-state index contributed by atoms with van der Waals surface area (Å²) in [6.45, 7) is 17.1. The maximum Gasteiger partial charge on any atom is 0.410 e. The Hall–Kier alpha value is -4.74. The largest absolute Gasteiger partial charge is 0.445 e. The fraction of sp³-hybridized carbons (Fsp3) is 0.373. The van der Waals surface area contributed by atoms with E-state index in [-0.39, 0.29) is 29.3 Å². The lowest BCUT2D eigenvalue weighted by Gasteiger charge is -2.43. The smallest absolute Gasteiger partial charge is 0.410 e. The van der Waals surface area contributed by atoms with E-state index in [4.69, 9.17) is 14.5 Å². The van der Waals surface area contributed by atoms with Gasteiger partial charge in [-0.3, -0.25) is 4.98 Å². The zero-order valence-corrected chi connectivity index (χ0v) is 39.4. The molecule has 0 aliphatic carbocycles. The van der Waals surface area contributed by atoms with Crippen LogP contribution in [0.4, 0.5) is 10.5 Å². The average molecular weight is 902 g/mol. The van der Waals surface area contributed by atoms with E-state index in [9.17, 15) is 9.59 Å². The third-order valence-corrected chi connectivity index (χ3v) is 17.9. The quantitative estimate of drug-likeness (QED) is 0.103. The molecule has 0 spiro atoms. The summed E-state index contributed by atoms with van der Waals surface area (Å²) in [6, 6.07) is 39.4. The van der Waals surface area contributed by atoms with Gasteiger partial charge in [0.1, 0.15) is 6.61 Å². The lowest BCUT2D eigenvalue weighted by molar-refractivity contribution is 0.0941. The molecule has 2 aromatic heterocycles. The molecule has 8 nitrogen and oxygen atoms in total. The molecule has 1 aliphatic heterocycles. The van der Waals surface area contributed by atoms with E-state index in [0.717, 1.165) is 63.2 Å². The number of benzene rings is 4. The van der Waals surface area contributed by atoms with Crippen LogP contribution in [0.25, 0.3) is 22.2 Å². The number of fused-ring (bicyclic) bond motifs is 1. The molecule has 6 aromatic rings. The number of methoxy groups -OCH3 is 1. The molecule has 10 heteroatoms. The molecule has 1 aliphatic rings. The maximum absolute atomic E-state index is 13.1. The van der Waals surface area contributed by atoms with E-state index in [2.05, 4.69) is 115 Å². The average Bonchev–Trinajstić information content (AvgIpc) is 3.58. The van der Waals surface area contributed by atoms with Crippen molar-refractivity contribution in [2.45, 2.75) is 85.1 Å². The molecule has 0 radical (unpaired) electrons. The second-order valence-corrected chi connectivity index (χ2v) is 22.8. The molecule has 320 valence electrons. The Morgan fingerprint density at radius 2 is 1.46 bits per heavy atom. The van der Waals surface area contributed by atoms with Crippen molar-refractivity contribution in [1.29, 1.82) is 0 Å². The van der Waals surface area contributed by atoms with Gasteiger partial charge in [-0.05, 0) is 89.3 Å². The van der Waals surface area contributed by atoms with Crippen LogP contribution in [0.2, 0.25) is 5.04 Å². The molecule has 61 heavy (non-hydrogen) atoms. The molecule has 1 amide bonds. The fourth-order valence-electron chi connectivity index (χ4n) is 9.14. The number of aromatic nitrogens is 2. The van der Waals surface area contributed by atoms with Crippen molar-refractivity contribution in [3.8, 4) is 11.3 Å². The lowest BCUT2D eigenvalue weighted by Crippen LogP contribution is -2.65. The SMILES string of the molecule is CCn1c(-c2cc(N3CCN(C(=O)OCc4ccccc4)CC3)cnc2[C@H](C)OC)c(CC(C)(C)CCC(C)(C)[Si](O)(c2ccccc2)c2ccccc2)c2cc(Br)ccc21. The number of hydrogen-bond donors (Lipinski definition) is 1. The summed E-state index contributed by atoms with van der Waals surface area (Å²) in [4.78, 5) is 35.3. The topological polar surface area (TPSA) is 80.1 Å². The number of hydrogen-bond acceptors (Lipinski definition) is 6. The summed E-state index contributed by atoms with van der Waals surface area (Å²) >= 11 is 3.82. The van der Waals surface area contributed by atoms with Crippen molar-refractivity contribution in [2.24, 2.45) is 5.41 Å². The first-order valence-electron chi connectivity index (χ1n) is 21.6. The number of nitrogens with zero attached hydrogens (tertiary/aromatic N) is 4. The maximum atomic E-state index is 13.1. The van der Waals surface area contributed by atoms with Crippen molar-refractivity contribution in [1.82, 2.24) is 14.5 Å². The Morgan fingerprint density at radius 1 is 0.852 bits per heavy atom. The monoisotopic (exact) mass is 900 g/mol. The minimum absolute atomic E-state index is 0.132. The number of piperazine rings is 1. The van der Waals surface area contributed by atoms with Crippen LogP contribution >= 0.6 is 15.9 Å². The van der Waals surface area contributed by atoms with E-state index >= 15 is 0 Å². The molecule has 1 N–H and O–H groups in total. The van der Waals surface area contributed by atoms with E-state index in [1.165, 1.54) is 22.2 Å². The zero-order chi connectivity index (χ0) is 43.4. The van der Waals surface area contributed by atoms with Gasteiger partial charge >= 0.3 is 6.09 Å². The number of rotatable bonds is 15. The van der Waals surface area contributed by atoms with Crippen molar-refractivity contribution < 1.29 is 19.1 Å². The third-order valence-electron chi connectivity index (χ3n) is 12.9. The summed E-state index contributed by atoms with van der Waals surface area (Å²) in [5, 5.41) is 2.94. The normalized spacial score (nSPS) is 14.4. The van der Waals surface area contributed by atoms with Crippen molar-refractivity contribution in [2.75, 3.05) is 38.2 Å². The summed E-state index contributed by atoms with van der Waals surface area (Å²) in [7, 11) is -1.44. The second kappa shape index (κ2) is 18.7. The highest BCUT2D eigenvalue weighted by molar-refractivity contribution is 9.10. The van der Waals surface area contributed by atoms with Crippen LogP contribution in [0, 0.1) is 5.41 Å². The van der Waals surface area contributed by atoms with Gasteiger partial charge in [0.15, 0.2) is 0 Å². The first kappa shape index (κ1) is 44.3. The molecule has 4 aromatic carbocycles. The summed E-state index contributed by atoms with van der Waals surface area (Å²) in [5.41, 5.74) is 7.46. The molecule has 1 saturated heterocycles. The molecule has 0 saturated carbocycles. The van der Waals surface area contributed by atoms with Crippen molar-refractivity contribution >= 4 is 57.3 Å². The lowest BCUT2D eigenvalue weighted by atomic mass is 9.78. The number of amides is 1. The van der Waals surface area contributed by atoms with Crippen molar-refractivity contribution in [3.63, 3.8) is 0 Å². The van der Waals surface area contributed by atoms with Crippen molar-refractivity contribution in [3.05, 3.63) is 143 Å². The molecule has 1 fully saturated rings. The van der Waals surface area contributed by atoms with Gasteiger partial charge in [-0.2, -0.15) is 0 Å². The number of aryl methyl sites for hydroxylation is 1. The van der Waals surface area contributed by atoms with Crippen LogP contribution in [0.5, 0.6) is 0 Å². The molecular weight excluding hydrogens is 841 g/mol. The van der Waals surface area contributed by atoms with Gasteiger partial charge in [0.2, 0.25) is 0 Å². The zero-order valence-electron chi connectivity index (χ0n) is 36.8. The van der Waals surface area contributed by atoms with Crippen LogP contribution in [-0.4, -0.2) is 66.9 Å². The first-order chi connectivity index (χ1) is 29.3. The van der Waals surface area contributed by atoms with Gasteiger partial charge in [-0.1, -0.05) is 135 Å². The van der Waals surface area contributed by atoms with E-state index in [1.807, 2.05) is 72.9 Å². The van der Waals surface area contributed by atoms with Gasteiger partial charge in [0.25, 0.3) is 8.32 Å². The molecule has 3 heterocycles. The van der Waals surface area contributed by atoms with Gasteiger partial charge in [0, 0.05) is 60.8 Å². The molecule has 1 atom stereocenters. The Kier molecular flexibility index (Phi) is 13.6. The number of halogens is 1. The Balaban J connectivity index is 1.21. The van der Waals surface area contributed by atoms with Gasteiger partial charge in [-0.15, -0.1) is 0 Å². The number of carbonyl (C=O) groups is 1. The van der Waals surface area contributed by atoms with E-state index < -0.39 is 8.32 Å². The highest BCUT2D eigenvalue weighted by Crippen LogP contribution is 2.47. The molecule has 7 rings (SSSR count). The Morgan fingerprint density at radius 3 is 2.05 bits per heavy atom. The number of pyridine rings is 1. The first-order valence-corrected chi connectivity index (χ1v) is 24.4. The standard InChI is InChI=1S/C51H61BrN4O4Si/c1-8-56-46-25-24-39(52)32-43(46)45(34-50(3,4)26-27-51(5,6)61(58,41-20-14-10-15-21-41)42-22-16-11-17-23-42)48(56)44-33-40(35-53-47(44)37(2)59-7)54-28-30-55(31-29-54)49(57)60-36-38-18-12-9-13-19-38/h9-25,32-33,35,37,58H,8,26-31,34,36H2,1-7H3/t37-/m0/s1. The highest BCUT2D eigenvalue weighted by atomic mass is 79.9. The minimum Gasteiger partial charge on any atom is -0.445 e. The fourth-order valence-corrected chi connectivity index (χ4v) is 13.2. The Labute approximate surface area is 371 Å². The highest BCUT2D eigenvalue weighted by Gasteiger charge is 2.50. The second-order valence-electron chi connectivity index (χ2n) is 17.9. The summed E-state index contributed by atoms with van der Waals surface area (Å²) < 4.78 is 15.2. The van der Waals surface area contributed by atoms with Gasteiger partial charge in [0.05, 0.1) is 29.4 Å². The molecule has 0 bridgehead atoms. The Bertz CT molecular complexity index is 2370. The molecular formula is C51H61BrN4O4Si. The van der Waals surface area contributed by atoms with E-state index in [0.29, 0.717) is 26.2 Å². The van der Waals surface area contributed by atoms with E-state index in [1.54, 1.807) is 12.0 Å². The predicted molar refractivity (Wildman–Crippen MR) is 255 cm³/mol. The number of carbonyl (C=O) groups excluding carboxylic acids is 1. The van der Waals surface area contributed by atoms with Crippen LogP contribution in [-0.2, 0) is 29.0 Å². The van der Waals surface area contributed by atoms with Crippen LogP contribution in [0.1, 0.15) is 77.3 Å². The van der Waals surface area contributed by atoms with Crippen LogP contribution in [0.3, 0.4) is 0 Å². The number of anilines is 1. The minimum atomic E-state index is -3.18. The van der Waals surface area contributed by atoms with Crippen LogP contribution < -0.4 is 15.3 Å². The predicted octanol–water partition coefficient (Wildman–Crippen LogP) is 10.5. The third kappa shape index (κ3) is 9.38. The van der Waals surface area contributed by atoms with Crippen LogP contribution in [0.15, 0.2) is 126 Å². The van der Waals surface area contributed by atoms with Gasteiger partial charge < -0.3 is 28.6 Å².